The number of nitrogens with two attached hydrogens (primary N) is 1. The van der Waals surface area contributed by atoms with E-state index in [1.807, 2.05) is 0 Å². The first-order valence-corrected chi connectivity index (χ1v) is 6.91. The fourth-order valence-electron chi connectivity index (χ4n) is 1.45. The van der Waals surface area contributed by atoms with Gasteiger partial charge in [-0.1, -0.05) is 13.7 Å². The second-order valence-electron chi connectivity index (χ2n) is 3.84. The average Bonchev–Trinajstić information content (AvgIpc) is 2.43. The average molecular weight is 409 g/mol. The van der Waals surface area contributed by atoms with Gasteiger partial charge in [-0.05, 0) is 49.9 Å². The predicted octanol–water partition coefficient (Wildman–Crippen LogP) is 3.79. The smallest absolute Gasteiger partial charge is 0.267 e. The number of anilines is 1. The minimum Gasteiger partial charge on any atom is -0.435 e. The summed E-state index contributed by atoms with van der Waals surface area (Å²) in [7, 11) is 0. The lowest BCUT2D eigenvalue weighted by Crippen LogP contribution is -2.15. The van der Waals surface area contributed by atoms with Crippen molar-refractivity contribution in [1.82, 2.24) is 10.2 Å². The number of nitrogens with zero attached hydrogens (tertiary/aromatic N) is 1. The van der Waals surface area contributed by atoms with Crippen LogP contribution in [0.1, 0.15) is 33.4 Å². The van der Waals surface area contributed by atoms with Crippen LogP contribution in [0.2, 0.25) is 0 Å². The Morgan fingerprint density at radius 2 is 2.00 bits per heavy atom. The molecule has 0 spiro atoms. The van der Waals surface area contributed by atoms with Crippen molar-refractivity contribution in [2.45, 2.75) is 19.6 Å². The number of hydrogen-bond donors (Lipinski definition) is 2. The third-order valence-electron chi connectivity index (χ3n) is 2.35. The van der Waals surface area contributed by atoms with Crippen molar-refractivity contribution in [3.63, 3.8) is 0 Å². The topological polar surface area (TPSA) is 81.0 Å². The molecule has 0 aliphatic carbocycles. The molecule has 106 valence electrons. The maximum absolute atomic E-state index is 12.0. The third-order valence-corrected chi connectivity index (χ3v) is 3.53. The maximum atomic E-state index is 12.0. The van der Waals surface area contributed by atoms with E-state index in [0.717, 1.165) is 6.07 Å². The molecule has 3 N–H and O–H groups in total. The molecule has 0 saturated heterocycles. The Balaban J connectivity index is 2.53. The molecule has 1 heterocycles. The van der Waals surface area contributed by atoms with Gasteiger partial charge >= 0.3 is 0 Å². The van der Waals surface area contributed by atoms with Gasteiger partial charge in [-0.15, -0.1) is 5.10 Å². The van der Waals surface area contributed by atoms with Gasteiger partial charge in [0.1, 0.15) is 0 Å². The highest BCUT2D eigenvalue weighted by Gasteiger charge is 2.13. The summed E-state index contributed by atoms with van der Waals surface area (Å²) in [5.74, 6) is -1.89. The molecule has 0 atom stereocenters. The second-order valence-corrected chi connectivity index (χ2v) is 5.55. The molecule has 0 saturated carbocycles. The molecular weight excluding hydrogens is 390 g/mol. The Hall–Kier alpha value is -1.34. The third kappa shape index (κ3) is 3.21. The van der Waals surface area contributed by atoms with Crippen LogP contribution in [0.5, 0.6) is 11.6 Å². The van der Waals surface area contributed by atoms with Crippen LogP contribution in [0.4, 0.5) is 5.69 Å². The second kappa shape index (κ2) is 5.97. The monoisotopic (exact) mass is 407 g/mol. The Morgan fingerprint density at radius 1 is 1.35 bits per heavy atom. The summed E-state index contributed by atoms with van der Waals surface area (Å²) in [5.41, 5.74) is 4.78. The molecule has 5 nitrogen and oxygen atoms in total. The quantitative estimate of drug-likeness (QED) is 0.757. The van der Waals surface area contributed by atoms with Gasteiger partial charge in [0.05, 0.1) is 8.95 Å². The predicted molar refractivity (Wildman–Crippen MR) is 85.3 cm³/mol. The van der Waals surface area contributed by atoms with E-state index in [-0.39, 0.29) is 11.6 Å². The molecule has 0 bridgehead atoms. The number of ether oxygens (including phenoxy) is 1. The van der Waals surface area contributed by atoms with Gasteiger partial charge in [-0.25, -0.2) is 5.10 Å². The van der Waals surface area contributed by atoms with Crippen molar-refractivity contribution in [2.24, 2.45) is 0 Å². The minimum atomic E-state index is -2.92. The van der Waals surface area contributed by atoms with E-state index in [0.29, 0.717) is 14.6 Å². The Labute approximate surface area is 141 Å². The molecule has 0 unspecified atom stereocenters. The lowest BCUT2D eigenvalue weighted by atomic mass is 10.1. The van der Waals surface area contributed by atoms with E-state index >= 15 is 0 Å². The molecular formula is C13H13Br2N3O2. The Morgan fingerprint density at radius 3 is 2.60 bits per heavy atom. The van der Waals surface area contributed by atoms with Crippen molar-refractivity contribution in [1.29, 1.82) is 0 Å². The van der Waals surface area contributed by atoms with Gasteiger partial charge in [0.25, 0.3) is 5.56 Å². The van der Waals surface area contributed by atoms with E-state index in [1.165, 1.54) is 0 Å². The van der Waals surface area contributed by atoms with Crippen LogP contribution in [-0.4, -0.2) is 10.2 Å². The molecule has 2 aromatic rings. The van der Waals surface area contributed by atoms with Crippen molar-refractivity contribution in [3.05, 3.63) is 43.1 Å². The molecule has 2 rings (SSSR count). The fourth-order valence-corrected chi connectivity index (χ4v) is 2.83. The highest BCUT2D eigenvalue weighted by atomic mass is 79.9. The molecule has 0 aliphatic rings. The number of benzene rings is 1. The van der Waals surface area contributed by atoms with Crippen LogP contribution in [0, 0.1) is 0 Å². The van der Waals surface area contributed by atoms with Crippen molar-refractivity contribution >= 4 is 37.5 Å². The molecule has 0 aliphatic heterocycles. The molecule has 7 heteroatoms. The van der Waals surface area contributed by atoms with E-state index in [1.54, 1.807) is 12.1 Å². The summed E-state index contributed by atoms with van der Waals surface area (Å²) in [6, 6.07) is 4.15. The summed E-state index contributed by atoms with van der Waals surface area (Å²) in [5, 5.41) is 5.76. The summed E-state index contributed by atoms with van der Waals surface area (Å²) in [6.45, 7) is -5.83. The first-order valence-electron chi connectivity index (χ1n) is 8.32. The van der Waals surface area contributed by atoms with Gasteiger partial charge in [-0.2, -0.15) is 0 Å². The number of H-pyrrole nitrogens is 1. The van der Waals surface area contributed by atoms with Crippen molar-refractivity contribution < 1.29 is 13.0 Å². The molecule has 1 aromatic heterocycles. The van der Waals surface area contributed by atoms with E-state index in [2.05, 4.69) is 42.1 Å². The van der Waals surface area contributed by atoms with Crippen molar-refractivity contribution in [3.8, 4) is 11.6 Å². The van der Waals surface area contributed by atoms with Gasteiger partial charge in [-0.3, -0.25) is 4.79 Å². The molecule has 0 fully saturated rings. The highest BCUT2D eigenvalue weighted by molar-refractivity contribution is 9.11. The molecule has 1 aromatic carbocycles. The van der Waals surface area contributed by atoms with Crippen LogP contribution in [-0.2, 0) is 0 Å². The van der Waals surface area contributed by atoms with Crippen LogP contribution in [0.15, 0.2) is 31.9 Å². The molecule has 0 amide bonds. The zero-order valence-electron chi connectivity index (χ0n) is 15.9. The number of rotatable bonds is 3. The van der Waals surface area contributed by atoms with Crippen LogP contribution < -0.4 is 16.0 Å². The van der Waals surface area contributed by atoms with Crippen LogP contribution >= 0.6 is 31.9 Å². The zero-order chi connectivity index (χ0) is 19.9. The largest absolute Gasteiger partial charge is 0.435 e. The standard InChI is InChI=1S/C13H13Br2N3O2/c1-6(2)8-5-11(17-18-13(8)19)20-12-9(14)3-7(16)4-10(12)15/h3-6H,16H2,1-2H3,(H,18,19)/i1D3,2D3. The van der Waals surface area contributed by atoms with Crippen molar-refractivity contribution in [2.75, 3.05) is 5.73 Å². The summed E-state index contributed by atoms with van der Waals surface area (Å²) < 4.78 is 51.5. The number of hydrogen-bond acceptors (Lipinski definition) is 4. The molecule has 20 heavy (non-hydrogen) atoms. The first kappa shape index (κ1) is 8.84. The number of aromatic amines is 1. The summed E-state index contributed by atoms with van der Waals surface area (Å²) in [6.07, 6.45) is 0. The summed E-state index contributed by atoms with van der Waals surface area (Å²) >= 11 is 6.53. The van der Waals surface area contributed by atoms with Crippen LogP contribution in [0.25, 0.3) is 0 Å². The lowest BCUT2D eigenvalue weighted by molar-refractivity contribution is 0.447. The lowest BCUT2D eigenvalue weighted by Gasteiger charge is -2.11. The minimum absolute atomic E-state index is 0.177. The fraction of sp³-hybridized carbons (Fsp3) is 0.231. The SMILES string of the molecule is [2H]C([2H])([2H])C(c1cc(Oc2c(Br)cc(N)cc2Br)n[nH]c1=O)C([2H])([2H])[2H]. The Bertz CT molecular complexity index is 844. The molecule has 0 radical (unpaired) electrons. The van der Waals surface area contributed by atoms with Crippen LogP contribution in [0.3, 0.4) is 0 Å². The van der Waals surface area contributed by atoms with E-state index in [4.69, 9.17) is 18.7 Å². The van der Waals surface area contributed by atoms with E-state index < -0.39 is 30.7 Å². The normalized spacial score (nSPS) is 16.6. The van der Waals surface area contributed by atoms with Gasteiger partial charge < -0.3 is 10.5 Å². The number of aromatic nitrogens is 2. The highest BCUT2D eigenvalue weighted by Crippen LogP contribution is 2.38. The van der Waals surface area contributed by atoms with Gasteiger partial charge in [0.2, 0.25) is 5.88 Å². The zero-order valence-corrected chi connectivity index (χ0v) is 13.1. The number of nitrogens with one attached hydrogen (secondary N) is 1. The number of halogens is 2. The summed E-state index contributed by atoms with van der Waals surface area (Å²) in [4.78, 5) is 12.0. The van der Waals surface area contributed by atoms with Gasteiger partial charge in [0.15, 0.2) is 5.75 Å². The van der Waals surface area contributed by atoms with E-state index in [9.17, 15) is 4.79 Å². The number of nitrogen functional groups attached to an aromatic ring is 1. The maximum Gasteiger partial charge on any atom is 0.267 e. The Kier molecular flexibility index (Phi) is 2.64. The first-order chi connectivity index (χ1) is 11.8. The van der Waals surface area contributed by atoms with Gasteiger partial charge in [0, 0.05) is 25.5 Å².